The van der Waals surface area contributed by atoms with E-state index in [0.717, 1.165) is 18.8 Å². The van der Waals surface area contributed by atoms with Gasteiger partial charge in [0, 0.05) is 31.1 Å². The Bertz CT molecular complexity index is 839. The van der Waals surface area contributed by atoms with Gasteiger partial charge in [-0.1, -0.05) is 0 Å². The largest absolute Gasteiger partial charge is 0.468 e. The Hall–Kier alpha value is -2.67. The third kappa shape index (κ3) is 4.73. The van der Waals surface area contributed by atoms with E-state index >= 15 is 0 Å². The van der Waals surface area contributed by atoms with Gasteiger partial charge in [0.15, 0.2) is 0 Å². The first-order valence-electron chi connectivity index (χ1n) is 10.7. The zero-order chi connectivity index (χ0) is 20.9. The predicted molar refractivity (Wildman–Crippen MR) is 110 cm³/mol. The van der Waals surface area contributed by atoms with Crippen molar-refractivity contribution in [2.24, 2.45) is 5.92 Å². The maximum absolute atomic E-state index is 13.1. The van der Waals surface area contributed by atoms with E-state index in [0.29, 0.717) is 38.0 Å². The molecule has 0 bridgehead atoms. The van der Waals surface area contributed by atoms with Crippen molar-refractivity contribution in [2.45, 2.75) is 31.7 Å². The summed E-state index contributed by atoms with van der Waals surface area (Å²) < 4.78 is 18.7. The van der Waals surface area contributed by atoms with Crippen LogP contribution in [-0.2, 0) is 4.79 Å². The molecule has 2 aliphatic rings. The van der Waals surface area contributed by atoms with Crippen molar-refractivity contribution in [3.05, 3.63) is 59.8 Å². The van der Waals surface area contributed by atoms with Crippen molar-refractivity contribution < 1.29 is 18.4 Å². The van der Waals surface area contributed by atoms with Gasteiger partial charge in [0.05, 0.1) is 12.3 Å². The molecule has 160 valence electrons. The van der Waals surface area contributed by atoms with Gasteiger partial charge in [0.1, 0.15) is 11.6 Å². The van der Waals surface area contributed by atoms with Crippen molar-refractivity contribution in [3.8, 4) is 0 Å². The molecule has 2 amide bonds. The molecule has 0 aliphatic carbocycles. The Labute approximate surface area is 176 Å². The molecule has 0 spiro atoms. The van der Waals surface area contributed by atoms with Gasteiger partial charge in [-0.25, -0.2) is 4.39 Å². The van der Waals surface area contributed by atoms with Gasteiger partial charge >= 0.3 is 0 Å². The lowest BCUT2D eigenvalue weighted by Crippen LogP contribution is -2.44. The molecule has 0 radical (unpaired) electrons. The number of halogens is 1. The molecule has 1 atom stereocenters. The molecule has 2 saturated heterocycles. The molecule has 1 aromatic carbocycles. The fraction of sp³-hybridized carbons (Fsp3) is 0.478. The first-order chi connectivity index (χ1) is 14.6. The van der Waals surface area contributed by atoms with E-state index in [1.165, 1.54) is 37.1 Å². The van der Waals surface area contributed by atoms with Crippen LogP contribution in [0.4, 0.5) is 4.39 Å². The third-order valence-corrected chi connectivity index (χ3v) is 6.17. The number of nitrogens with zero attached hydrogens (tertiary/aromatic N) is 2. The van der Waals surface area contributed by atoms with Crippen LogP contribution in [-0.4, -0.2) is 54.3 Å². The summed E-state index contributed by atoms with van der Waals surface area (Å²) in [7, 11) is 0. The van der Waals surface area contributed by atoms with E-state index in [2.05, 4.69) is 10.2 Å². The van der Waals surface area contributed by atoms with Gasteiger partial charge in [-0.05, 0) is 75.2 Å². The van der Waals surface area contributed by atoms with Gasteiger partial charge in [0.2, 0.25) is 5.91 Å². The lowest BCUT2D eigenvalue weighted by Gasteiger charge is -2.32. The molecule has 2 aromatic rings. The number of carbonyl (C=O) groups is 2. The Morgan fingerprint density at radius 2 is 1.77 bits per heavy atom. The van der Waals surface area contributed by atoms with Crippen LogP contribution in [0.25, 0.3) is 0 Å². The number of hydrogen-bond acceptors (Lipinski definition) is 4. The Morgan fingerprint density at radius 3 is 2.40 bits per heavy atom. The smallest absolute Gasteiger partial charge is 0.253 e. The Kier molecular flexibility index (Phi) is 6.47. The van der Waals surface area contributed by atoms with E-state index in [9.17, 15) is 14.0 Å². The summed E-state index contributed by atoms with van der Waals surface area (Å²) in [5.41, 5.74) is 0.478. The summed E-state index contributed by atoms with van der Waals surface area (Å²) in [5.74, 6) is 0.360. The van der Waals surface area contributed by atoms with Crippen LogP contribution in [0.2, 0.25) is 0 Å². The minimum absolute atomic E-state index is 0.0413. The molecule has 7 heteroatoms. The highest BCUT2D eigenvalue weighted by atomic mass is 19.1. The van der Waals surface area contributed by atoms with Crippen LogP contribution in [0.15, 0.2) is 47.1 Å². The topological polar surface area (TPSA) is 65.8 Å². The van der Waals surface area contributed by atoms with E-state index in [4.69, 9.17) is 4.42 Å². The third-order valence-electron chi connectivity index (χ3n) is 6.17. The van der Waals surface area contributed by atoms with E-state index in [1.54, 1.807) is 11.2 Å². The average molecular weight is 413 g/mol. The highest BCUT2D eigenvalue weighted by molar-refractivity contribution is 5.94. The van der Waals surface area contributed by atoms with Gasteiger partial charge in [-0.2, -0.15) is 0 Å². The molecule has 6 nitrogen and oxygen atoms in total. The van der Waals surface area contributed by atoms with Crippen molar-refractivity contribution in [2.75, 3.05) is 32.7 Å². The Balaban J connectivity index is 1.28. The van der Waals surface area contributed by atoms with Gasteiger partial charge in [-0.15, -0.1) is 0 Å². The van der Waals surface area contributed by atoms with Crippen LogP contribution in [0.3, 0.4) is 0 Å². The highest BCUT2D eigenvalue weighted by Crippen LogP contribution is 2.25. The Morgan fingerprint density at radius 1 is 1.07 bits per heavy atom. The highest BCUT2D eigenvalue weighted by Gasteiger charge is 2.30. The lowest BCUT2D eigenvalue weighted by molar-refractivity contribution is -0.126. The second-order valence-corrected chi connectivity index (χ2v) is 8.09. The number of amides is 2. The summed E-state index contributed by atoms with van der Waals surface area (Å²) in [5, 5.41) is 3.11. The quantitative estimate of drug-likeness (QED) is 0.790. The molecule has 0 unspecified atom stereocenters. The van der Waals surface area contributed by atoms with Crippen LogP contribution >= 0.6 is 0 Å². The second kappa shape index (κ2) is 9.43. The summed E-state index contributed by atoms with van der Waals surface area (Å²) in [6.45, 7) is 3.63. The number of rotatable bonds is 6. The second-order valence-electron chi connectivity index (χ2n) is 8.09. The molecule has 1 aromatic heterocycles. The summed E-state index contributed by atoms with van der Waals surface area (Å²) in [4.78, 5) is 29.4. The van der Waals surface area contributed by atoms with E-state index in [1.807, 2.05) is 12.1 Å². The number of benzene rings is 1. The molecule has 4 rings (SSSR count). The predicted octanol–water partition coefficient (Wildman–Crippen LogP) is 3.22. The maximum Gasteiger partial charge on any atom is 0.253 e. The lowest BCUT2D eigenvalue weighted by atomic mass is 9.95. The van der Waals surface area contributed by atoms with Crippen molar-refractivity contribution in [1.29, 1.82) is 0 Å². The normalized spacial score (nSPS) is 19.0. The molecule has 1 N–H and O–H groups in total. The number of furan rings is 1. The van der Waals surface area contributed by atoms with Crippen LogP contribution in [0.1, 0.15) is 47.8 Å². The minimum atomic E-state index is -0.358. The fourth-order valence-electron chi connectivity index (χ4n) is 4.41. The maximum atomic E-state index is 13.1. The van der Waals surface area contributed by atoms with Crippen molar-refractivity contribution >= 4 is 11.8 Å². The standard InChI is InChI=1S/C23H28FN3O3/c24-19-7-5-18(6-8-19)23(29)27-13-9-17(10-14-27)22(28)25-16-20(21-4-3-15-30-21)26-11-1-2-12-26/h3-8,15,17,20H,1-2,9-14,16H2,(H,25,28)/t20-/m0/s1. The van der Waals surface area contributed by atoms with Crippen LogP contribution < -0.4 is 5.32 Å². The molecular weight excluding hydrogens is 385 g/mol. The summed E-state index contributed by atoms with van der Waals surface area (Å²) in [6.07, 6.45) is 5.29. The number of likely N-dealkylation sites (tertiary alicyclic amines) is 2. The fourth-order valence-corrected chi connectivity index (χ4v) is 4.41. The summed E-state index contributed by atoms with van der Waals surface area (Å²) >= 11 is 0. The summed E-state index contributed by atoms with van der Waals surface area (Å²) in [6, 6.07) is 9.51. The first-order valence-corrected chi connectivity index (χ1v) is 10.7. The first kappa shape index (κ1) is 20.6. The molecule has 30 heavy (non-hydrogen) atoms. The van der Waals surface area contributed by atoms with Gasteiger partial charge in [0.25, 0.3) is 5.91 Å². The van der Waals surface area contributed by atoms with Crippen LogP contribution in [0, 0.1) is 11.7 Å². The average Bonchev–Trinajstić information content (AvgIpc) is 3.49. The van der Waals surface area contributed by atoms with Gasteiger partial charge in [-0.3, -0.25) is 14.5 Å². The number of nitrogens with one attached hydrogen (secondary N) is 1. The molecule has 2 aliphatic heterocycles. The van der Waals surface area contributed by atoms with Gasteiger partial charge < -0.3 is 14.6 Å². The van der Waals surface area contributed by atoms with Crippen molar-refractivity contribution in [1.82, 2.24) is 15.1 Å². The molecular formula is C23H28FN3O3. The SMILES string of the molecule is O=C(NC[C@@H](c1ccco1)N1CCCC1)C1CCN(C(=O)c2ccc(F)cc2)CC1. The van der Waals surface area contributed by atoms with Crippen LogP contribution in [0.5, 0.6) is 0 Å². The zero-order valence-corrected chi connectivity index (χ0v) is 17.1. The monoisotopic (exact) mass is 413 g/mol. The number of piperidine rings is 1. The number of hydrogen-bond donors (Lipinski definition) is 1. The molecule has 0 saturated carbocycles. The zero-order valence-electron chi connectivity index (χ0n) is 17.1. The van der Waals surface area contributed by atoms with E-state index < -0.39 is 0 Å². The molecule has 3 heterocycles. The van der Waals surface area contributed by atoms with E-state index in [-0.39, 0.29) is 29.6 Å². The minimum Gasteiger partial charge on any atom is -0.468 e. The van der Waals surface area contributed by atoms with Crippen molar-refractivity contribution in [3.63, 3.8) is 0 Å². The molecule has 2 fully saturated rings. The number of carbonyl (C=O) groups excluding carboxylic acids is 2.